The Hall–Kier alpha value is -1.10. The lowest BCUT2D eigenvalue weighted by molar-refractivity contribution is -0.133. The maximum Gasteiger partial charge on any atom is 0.224 e. The quantitative estimate of drug-likeness (QED) is 0.790. The van der Waals surface area contributed by atoms with Gasteiger partial charge in [0.2, 0.25) is 11.8 Å². The summed E-state index contributed by atoms with van der Waals surface area (Å²) in [6.45, 7) is 2.00. The molecule has 2 amide bonds. The fraction of sp³-hybridized carbons (Fsp3) is 0.905. The predicted molar refractivity (Wildman–Crippen MR) is 99.5 cm³/mol. The third-order valence-electron chi connectivity index (χ3n) is 7.43. The first kappa shape index (κ1) is 18.3. The van der Waals surface area contributed by atoms with Crippen molar-refractivity contribution in [3.05, 3.63) is 0 Å². The molecule has 1 aliphatic heterocycles. The molecule has 146 valence electrons. The molecule has 0 unspecified atom stereocenters. The topological polar surface area (TPSA) is 58.6 Å². The van der Waals surface area contributed by atoms with Crippen molar-refractivity contribution in [2.24, 2.45) is 23.2 Å². The number of likely N-dealkylation sites (tertiary alicyclic amines) is 1. The van der Waals surface area contributed by atoms with Gasteiger partial charge < -0.3 is 15.0 Å². The van der Waals surface area contributed by atoms with Gasteiger partial charge in [0.05, 0.1) is 13.0 Å². The molecule has 4 bridgehead atoms. The third kappa shape index (κ3) is 3.92. The molecule has 1 heterocycles. The van der Waals surface area contributed by atoms with Crippen molar-refractivity contribution in [1.82, 2.24) is 10.2 Å². The Morgan fingerprint density at radius 2 is 1.62 bits per heavy atom. The minimum Gasteiger partial charge on any atom is -0.384 e. The number of methoxy groups -OCH3 is 1. The number of carbonyl (C=O) groups is 2. The Balaban J connectivity index is 1.23. The Bertz CT molecular complexity index is 504. The molecule has 0 spiro atoms. The van der Waals surface area contributed by atoms with Crippen molar-refractivity contribution in [2.75, 3.05) is 26.8 Å². The Kier molecular flexibility index (Phi) is 5.27. The second-order valence-corrected chi connectivity index (χ2v) is 9.56. The van der Waals surface area contributed by atoms with E-state index >= 15 is 0 Å². The van der Waals surface area contributed by atoms with E-state index in [0.29, 0.717) is 18.4 Å². The molecule has 5 fully saturated rings. The van der Waals surface area contributed by atoms with Gasteiger partial charge >= 0.3 is 0 Å². The van der Waals surface area contributed by atoms with Crippen LogP contribution in [0.15, 0.2) is 0 Å². The number of hydrogen-bond donors (Lipinski definition) is 1. The van der Waals surface area contributed by atoms with E-state index in [2.05, 4.69) is 5.32 Å². The van der Waals surface area contributed by atoms with Crippen molar-refractivity contribution in [1.29, 1.82) is 0 Å². The van der Waals surface area contributed by atoms with Crippen molar-refractivity contribution in [2.45, 2.75) is 70.3 Å². The molecule has 5 rings (SSSR count). The summed E-state index contributed by atoms with van der Waals surface area (Å²) in [7, 11) is 1.62. The summed E-state index contributed by atoms with van der Waals surface area (Å²) in [5, 5.41) is 3.29. The van der Waals surface area contributed by atoms with Gasteiger partial charge in [0.25, 0.3) is 0 Å². The van der Waals surface area contributed by atoms with E-state index in [1.807, 2.05) is 4.90 Å². The van der Waals surface area contributed by atoms with E-state index in [9.17, 15) is 9.59 Å². The monoisotopic (exact) mass is 362 g/mol. The highest BCUT2D eigenvalue weighted by Crippen LogP contribution is 2.61. The summed E-state index contributed by atoms with van der Waals surface area (Å²) >= 11 is 0. The van der Waals surface area contributed by atoms with E-state index in [-0.39, 0.29) is 17.9 Å². The number of nitrogens with zero attached hydrogens (tertiary/aromatic N) is 1. The number of amides is 2. The van der Waals surface area contributed by atoms with Gasteiger partial charge in [0.1, 0.15) is 0 Å². The minimum absolute atomic E-state index is 0.171. The zero-order chi connectivity index (χ0) is 18.1. The molecule has 1 saturated heterocycles. The average Bonchev–Trinajstić information content (AvgIpc) is 2.58. The molecular formula is C21H34N2O3. The predicted octanol–water partition coefficient (Wildman–Crippen LogP) is 2.74. The highest BCUT2D eigenvalue weighted by molar-refractivity contribution is 5.78. The van der Waals surface area contributed by atoms with E-state index in [4.69, 9.17) is 4.74 Å². The number of nitrogens with one attached hydrogen (secondary N) is 1. The van der Waals surface area contributed by atoms with Crippen molar-refractivity contribution >= 4 is 11.8 Å². The van der Waals surface area contributed by atoms with E-state index in [1.165, 1.54) is 38.5 Å². The zero-order valence-corrected chi connectivity index (χ0v) is 16.2. The van der Waals surface area contributed by atoms with Crippen LogP contribution in [0.2, 0.25) is 0 Å². The number of carbonyl (C=O) groups excluding carboxylic acids is 2. The van der Waals surface area contributed by atoms with Crippen molar-refractivity contribution in [3.8, 4) is 0 Å². The molecule has 5 aliphatic rings. The smallest absolute Gasteiger partial charge is 0.224 e. The standard InChI is InChI=1S/C21H34N2O3/c1-26-7-4-20(25)23-5-2-18(3-6-23)22-19(24)14-21-11-15-8-16(12-21)10-17(9-15)13-21/h15-18H,2-14H2,1H3,(H,22,24). The van der Waals surface area contributed by atoms with Gasteiger partial charge in [-0.25, -0.2) is 0 Å². The lowest BCUT2D eigenvalue weighted by atomic mass is 9.49. The molecule has 4 aliphatic carbocycles. The maximum absolute atomic E-state index is 12.7. The molecule has 1 N–H and O–H groups in total. The van der Waals surface area contributed by atoms with Crippen LogP contribution in [-0.4, -0.2) is 49.6 Å². The zero-order valence-electron chi connectivity index (χ0n) is 16.2. The summed E-state index contributed by atoms with van der Waals surface area (Å²) in [4.78, 5) is 26.7. The molecule has 4 saturated carbocycles. The van der Waals surface area contributed by atoms with Gasteiger partial charge in [-0.3, -0.25) is 9.59 Å². The highest BCUT2D eigenvalue weighted by atomic mass is 16.5. The van der Waals surface area contributed by atoms with Crippen LogP contribution in [0.4, 0.5) is 0 Å². The second kappa shape index (κ2) is 7.49. The summed E-state index contributed by atoms with van der Waals surface area (Å²) in [5.74, 6) is 3.13. The second-order valence-electron chi connectivity index (χ2n) is 9.56. The van der Waals surface area contributed by atoms with Crippen LogP contribution in [0.5, 0.6) is 0 Å². The summed E-state index contributed by atoms with van der Waals surface area (Å²) in [5.41, 5.74) is 0.315. The van der Waals surface area contributed by atoms with E-state index < -0.39 is 0 Å². The normalized spacial score (nSPS) is 36.3. The summed E-state index contributed by atoms with van der Waals surface area (Å²) in [6, 6.07) is 0.239. The Morgan fingerprint density at radius 1 is 1.04 bits per heavy atom. The molecule has 0 aromatic heterocycles. The Morgan fingerprint density at radius 3 is 2.15 bits per heavy atom. The van der Waals surface area contributed by atoms with E-state index in [0.717, 1.165) is 50.1 Å². The van der Waals surface area contributed by atoms with Crippen LogP contribution in [0, 0.1) is 23.2 Å². The summed E-state index contributed by atoms with van der Waals surface area (Å²) < 4.78 is 4.99. The van der Waals surface area contributed by atoms with Gasteiger partial charge in [-0.05, 0) is 74.5 Å². The lowest BCUT2D eigenvalue weighted by Gasteiger charge is -2.56. The molecular weight excluding hydrogens is 328 g/mol. The first-order chi connectivity index (χ1) is 12.5. The molecule has 0 aromatic rings. The highest BCUT2D eigenvalue weighted by Gasteiger charge is 2.51. The number of ether oxygens (including phenoxy) is 1. The molecule has 0 atom stereocenters. The van der Waals surface area contributed by atoms with Gasteiger partial charge in [0, 0.05) is 32.7 Å². The van der Waals surface area contributed by atoms with Crippen LogP contribution in [0.3, 0.4) is 0 Å². The van der Waals surface area contributed by atoms with Gasteiger partial charge in [-0.2, -0.15) is 0 Å². The van der Waals surface area contributed by atoms with Crippen molar-refractivity contribution in [3.63, 3.8) is 0 Å². The number of hydrogen-bond acceptors (Lipinski definition) is 3. The van der Waals surface area contributed by atoms with Crippen LogP contribution in [-0.2, 0) is 14.3 Å². The van der Waals surface area contributed by atoms with Crippen LogP contribution < -0.4 is 5.32 Å². The Labute approximate surface area is 157 Å². The fourth-order valence-corrected chi connectivity index (χ4v) is 6.75. The molecule has 5 nitrogen and oxygen atoms in total. The van der Waals surface area contributed by atoms with Gasteiger partial charge in [-0.15, -0.1) is 0 Å². The SMILES string of the molecule is COCCC(=O)N1CCC(NC(=O)CC23CC4CC(CC(C4)C2)C3)CC1. The van der Waals surface area contributed by atoms with Gasteiger partial charge in [-0.1, -0.05) is 0 Å². The third-order valence-corrected chi connectivity index (χ3v) is 7.43. The first-order valence-electron chi connectivity index (χ1n) is 10.6. The van der Waals surface area contributed by atoms with Crippen LogP contribution in [0.25, 0.3) is 0 Å². The van der Waals surface area contributed by atoms with E-state index in [1.54, 1.807) is 7.11 Å². The number of rotatable bonds is 6. The molecule has 5 heteroatoms. The molecule has 26 heavy (non-hydrogen) atoms. The largest absolute Gasteiger partial charge is 0.384 e. The minimum atomic E-state index is 0.171. The molecule has 0 radical (unpaired) electrons. The van der Waals surface area contributed by atoms with Crippen molar-refractivity contribution < 1.29 is 14.3 Å². The average molecular weight is 363 g/mol. The first-order valence-corrected chi connectivity index (χ1v) is 10.6. The van der Waals surface area contributed by atoms with Crippen LogP contribution >= 0.6 is 0 Å². The number of piperidine rings is 1. The lowest BCUT2D eigenvalue weighted by Crippen LogP contribution is -2.50. The maximum atomic E-state index is 12.7. The fourth-order valence-electron chi connectivity index (χ4n) is 6.75. The molecule has 0 aromatic carbocycles. The van der Waals surface area contributed by atoms with Gasteiger partial charge in [0.15, 0.2) is 0 Å². The summed E-state index contributed by atoms with van der Waals surface area (Å²) in [6.07, 6.45) is 11.1. The van der Waals surface area contributed by atoms with Crippen LogP contribution in [0.1, 0.15) is 64.2 Å².